The van der Waals surface area contributed by atoms with E-state index < -0.39 is 0 Å². The summed E-state index contributed by atoms with van der Waals surface area (Å²) >= 11 is 0. The number of hydrogen-bond donors (Lipinski definition) is 1. The number of hydrogen-bond acceptors (Lipinski definition) is 2. The second-order valence-electron chi connectivity index (χ2n) is 2.91. The van der Waals surface area contributed by atoms with Gasteiger partial charge >= 0.3 is 0 Å². The third-order valence-electron chi connectivity index (χ3n) is 2.02. The van der Waals surface area contributed by atoms with E-state index >= 15 is 0 Å². The molecule has 0 aliphatic carbocycles. The van der Waals surface area contributed by atoms with Crippen LogP contribution in [-0.2, 0) is 4.79 Å². The van der Waals surface area contributed by atoms with Crippen LogP contribution in [-0.4, -0.2) is 36.5 Å². The molecule has 0 radical (unpaired) electrons. The molecular weight excluding hydrogens is 128 g/mol. The third kappa shape index (κ3) is 1.29. The van der Waals surface area contributed by atoms with Crippen molar-refractivity contribution >= 4 is 6.41 Å². The summed E-state index contributed by atoms with van der Waals surface area (Å²) in [6, 6.07) is 0.697. The number of amides is 1. The van der Waals surface area contributed by atoms with E-state index in [1.165, 1.54) is 0 Å². The summed E-state index contributed by atoms with van der Waals surface area (Å²) in [7, 11) is 0. The van der Waals surface area contributed by atoms with Gasteiger partial charge in [0.1, 0.15) is 0 Å². The predicted molar refractivity (Wildman–Crippen MR) is 39.7 cm³/mol. The molecule has 1 heterocycles. The van der Waals surface area contributed by atoms with E-state index in [2.05, 4.69) is 19.2 Å². The molecular formula is C7H14N2O. The van der Waals surface area contributed by atoms with Crippen molar-refractivity contribution in [2.75, 3.05) is 13.1 Å². The van der Waals surface area contributed by atoms with E-state index in [1.807, 2.05) is 4.90 Å². The van der Waals surface area contributed by atoms with Crippen molar-refractivity contribution in [2.24, 2.45) is 0 Å². The maximum atomic E-state index is 10.5. The fraction of sp³-hybridized carbons (Fsp3) is 0.857. The average Bonchev–Trinajstić information content (AvgIpc) is 1.88. The molecule has 3 heteroatoms. The van der Waals surface area contributed by atoms with Crippen LogP contribution < -0.4 is 5.32 Å². The Morgan fingerprint density at radius 3 is 2.20 bits per heavy atom. The zero-order valence-corrected chi connectivity index (χ0v) is 6.50. The quantitative estimate of drug-likeness (QED) is 0.515. The van der Waals surface area contributed by atoms with Crippen LogP contribution >= 0.6 is 0 Å². The first-order valence-electron chi connectivity index (χ1n) is 3.69. The molecule has 0 aromatic rings. The maximum Gasteiger partial charge on any atom is 0.210 e. The summed E-state index contributed by atoms with van der Waals surface area (Å²) in [5.74, 6) is 0. The predicted octanol–water partition coefficient (Wildman–Crippen LogP) is -0.175. The highest BCUT2D eigenvalue weighted by Crippen LogP contribution is 2.05. The Balaban J connectivity index is 2.53. The van der Waals surface area contributed by atoms with Crippen molar-refractivity contribution in [1.29, 1.82) is 0 Å². The molecule has 0 bridgehead atoms. The van der Waals surface area contributed by atoms with Crippen LogP contribution in [0.2, 0.25) is 0 Å². The van der Waals surface area contributed by atoms with Crippen LogP contribution in [0.15, 0.2) is 0 Å². The second kappa shape index (κ2) is 3.01. The lowest BCUT2D eigenvalue weighted by atomic mass is 10.1. The molecule has 58 valence electrons. The third-order valence-corrected chi connectivity index (χ3v) is 2.02. The number of piperazine rings is 1. The molecule has 1 saturated heterocycles. The minimum absolute atomic E-state index is 0.348. The van der Waals surface area contributed by atoms with Gasteiger partial charge in [-0.2, -0.15) is 0 Å². The number of nitrogens with zero attached hydrogens (tertiary/aromatic N) is 1. The zero-order chi connectivity index (χ0) is 7.56. The van der Waals surface area contributed by atoms with Crippen LogP contribution in [0.1, 0.15) is 13.8 Å². The first-order valence-corrected chi connectivity index (χ1v) is 3.69. The zero-order valence-electron chi connectivity index (χ0n) is 6.50. The molecule has 0 aromatic carbocycles. The lowest BCUT2D eigenvalue weighted by Gasteiger charge is -2.36. The first kappa shape index (κ1) is 7.54. The molecule has 1 fully saturated rings. The van der Waals surface area contributed by atoms with Gasteiger partial charge in [0.05, 0.1) is 0 Å². The molecule has 1 N–H and O–H groups in total. The molecule has 1 rings (SSSR count). The molecule has 1 aliphatic rings. The SMILES string of the molecule is C[C@@H]1CNC[C@H](C)N1C=O. The Bertz CT molecular complexity index is 117. The van der Waals surface area contributed by atoms with Crippen LogP contribution in [0.5, 0.6) is 0 Å². The summed E-state index contributed by atoms with van der Waals surface area (Å²) in [6.45, 7) is 5.94. The van der Waals surface area contributed by atoms with E-state index in [0.29, 0.717) is 12.1 Å². The van der Waals surface area contributed by atoms with E-state index in [-0.39, 0.29) is 0 Å². The van der Waals surface area contributed by atoms with Gasteiger partial charge in [0.15, 0.2) is 0 Å². The Kier molecular flexibility index (Phi) is 2.27. The maximum absolute atomic E-state index is 10.5. The van der Waals surface area contributed by atoms with Crippen molar-refractivity contribution in [2.45, 2.75) is 25.9 Å². The minimum atomic E-state index is 0.348. The summed E-state index contributed by atoms with van der Waals surface area (Å²) in [5, 5.41) is 3.25. The molecule has 0 unspecified atom stereocenters. The highest BCUT2D eigenvalue weighted by molar-refractivity contribution is 5.48. The Morgan fingerprint density at radius 1 is 1.40 bits per heavy atom. The van der Waals surface area contributed by atoms with E-state index in [4.69, 9.17) is 0 Å². The number of carbonyl (C=O) groups is 1. The van der Waals surface area contributed by atoms with E-state index in [9.17, 15) is 4.79 Å². The standard InChI is InChI=1S/C7H14N2O/c1-6-3-8-4-7(2)9(6)5-10/h5-8H,3-4H2,1-2H3/t6-,7+. The topological polar surface area (TPSA) is 32.3 Å². The summed E-state index contributed by atoms with van der Waals surface area (Å²) in [6.07, 6.45) is 0.941. The van der Waals surface area contributed by atoms with Crippen molar-refractivity contribution in [3.05, 3.63) is 0 Å². The fourth-order valence-corrected chi connectivity index (χ4v) is 1.35. The Hall–Kier alpha value is -0.570. The number of carbonyl (C=O) groups excluding carboxylic acids is 1. The first-order chi connectivity index (χ1) is 4.75. The van der Waals surface area contributed by atoms with E-state index in [0.717, 1.165) is 19.5 Å². The van der Waals surface area contributed by atoms with E-state index in [1.54, 1.807) is 0 Å². The number of nitrogens with one attached hydrogen (secondary N) is 1. The normalized spacial score (nSPS) is 34.0. The lowest BCUT2D eigenvalue weighted by molar-refractivity contribution is -0.122. The van der Waals surface area contributed by atoms with Crippen LogP contribution in [0.4, 0.5) is 0 Å². The van der Waals surface area contributed by atoms with Gasteiger partial charge < -0.3 is 10.2 Å². The van der Waals surface area contributed by atoms with Gasteiger partial charge in [-0.15, -0.1) is 0 Å². The Labute approximate surface area is 61.4 Å². The molecule has 2 atom stereocenters. The Morgan fingerprint density at radius 2 is 1.90 bits per heavy atom. The van der Waals surface area contributed by atoms with Gasteiger partial charge in [-0.25, -0.2) is 0 Å². The molecule has 0 aromatic heterocycles. The van der Waals surface area contributed by atoms with Crippen molar-refractivity contribution < 1.29 is 4.79 Å². The molecule has 0 spiro atoms. The molecule has 1 aliphatic heterocycles. The molecule has 3 nitrogen and oxygen atoms in total. The highest BCUT2D eigenvalue weighted by atomic mass is 16.1. The van der Waals surface area contributed by atoms with Crippen LogP contribution in [0.3, 0.4) is 0 Å². The van der Waals surface area contributed by atoms with Crippen molar-refractivity contribution in [3.63, 3.8) is 0 Å². The molecule has 10 heavy (non-hydrogen) atoms. The summed E-state index contributed by atoms with van der Waals surface area (Å²) in [5.41, 5.74) is 0. The summed E-state index contributed by atoms with van der Waals surface area (Å²) < 4.78 is 0. The van der Waals surface area contributed by atoms with Gasteiger partial charge in [0.2, 0.25) is 6.41 Å². The fourth-order valence-electron chi connectivity index (χ4n) is 1.35. The number of rotatable bonds is 1. The van der Waals surface area contributed by atoms with Gasteiger partial charge in [-0.05, 0) is 13.8 Å². The van der Waals surface area contributed by atoms with Crippen molar-refractivity contribution in [3.8, 4) is 0 Å². The van der Waals surface area contributed by atoms with Gasteiger partial charge in [0.25, 0.3) is 0 Å². The lowest BCUT2D eigenvalue weighted by Crippen LogP contribution is -2.54. The van der Waals surface area contributed by atoms with Gasteiger partial charge in [-0.3, -0.25) is 4.79 Å². The van der Waals surface area contributed by atoms with Crippen molar-refractivity contribution in [1.82, 2.24) is 10.2 Å². The monoisotopic (exact) mass is 142 g/mol. The molecule has 0 saturated carbocycles. The van der Waals surface area contributed by atoms with Crippen LogP contribution in [0.25, 0.3) is 0 Å². The minimum Gasteiger partial charge on any atom is -0.337 e. The molecule has 1 amide bonds. The second-order valence-corrected chi connectivity index (χ2v) is 2.91. The van der Waals surface area contributed by atoms with Gasteiger partial charge in [-0.1, -0.05) is 0 Å². The highest BCUT2D eigenvalue weighted by Gasteiger charge is 2.21. The average molecular weight is 142 g/mol. The summed E-state index contributed by atoms with van der Waals surface area (Å²) in [4.78, 5) is 12.3. The van der Waals surface area contributed by atoms with Gasteiger partial charge in [0, 0.05) is 25.2 Å². The van der Waals surface area contributed by atoms with Crippen LogP contribution in [0, 0.1) is 0 Å². The smallest absolute Gasteiger partial charge is 0.210 e. The largest absolute Gasteiger partial charge is 0.337 e.